The predicted octanol–water partition coefficient (Wildman–Crippen LogP) is 6.62. The van der Waals surface area contributed by atoms with Crippen molar-refractivity contribution in [2.24, 2.45) is 0 Å². The Morgan fingerprint density at radius 1 is 0.975 bits per heavy atom. The second kappa shape index (κ2) is 12.4. The largest absolute Gasteiger partial charge is 0.488 e. The van der Waals surface area contributed by atoms with Crippen LogP contribution in [-0.4, -0.2) is 64.9 Å². The van der Waals surface area contributed by atoms with Gasteiger partial charge >= 0.3 is 12.3 Å². The van der Waals surface area contributed by atoms with E-state index in [4.69, 9.17) is 9.47 Å². The summed E-state index contributed by atoms with van der Waals surface area (Å²) in [6.07, 6.45) is -1.21. The number of hydrogen-bond acceptors (Lipinski definition) is 5. The Balaban J connectivity index is 1.55. The van der Waals surface area contributed by atoms with Gasteiger partial charge in [-0.1, -0.05) is 55.7 Å². The molecule has 2 aliphatic rings. The van der Waals surface area contributed by atoms with Crippen molar-refractivity contribution < 1.29 is 32.5 Å². The zero-order valence-electron chi connectivity index (χ0n) is 23.7. The van der Waals surface area contributed by atoms with Crippen LogP contribution in [0.3, 0.4) is 0 Å². The average Bonchev–Trinajstić information content (AvgIpc) is 2.90. The van der Waals surface area contributed by atoms with Crippen LogP contribution in [-0.2, 0) is 17.5 Å². The highest BCUT2D eigenvalue weighted by atomic mass is 19.4. The van der Waals surface area contributed by atoms with E-state index in [0.29, 0.717) is 51.1 Å². The molecule has 0 radical (unpaired) electrons. The van der Waals surface area contributed by atoms with Gasteiger partial charge in [-0.3, -0.25) is 4.90 Å². The summed E-state index contributed by atoms with van der Waals surface area (Å²) in [4.78, 5) is 16.3. The molecule has 1 aliphatic heterocycles. The molecule has 0 spiro atoms. The fraction of sp³-hybridized carbons (Fsp3) is 0.581. The van der Waals surface area contributed by atoms with Gasteiger partial charge in [-0.05, 0) is 56.9 Å². The first-order chi connectivity index (χ1) is 18.8. The molecule has 4 rings (SSSR count). The molecular weight excluding hydrogens is 521 g/mol. The second-order valence-electron chi connectivity index (χ2n) is 12.0. The summed E-state index contributed by atoms with van der Waals surface area (Å²) in [5, 5.41) is 11.8. The summed E-state index contributed by atoms with van der Waals surface area (Å²) in [5.74, 6) is -0.731. The van der Waals surface area contributed by atoms with E-state index in [1.807, 2.05) is 39.0 Å². The third-order valence-electron chi connectivity index (χ3n) is 7.78. The van der Waals surface area contributed by atoms with Crippen LogP contribution in [0, 0.1) is 0 Å². The molecule has 1 unspecified atom stereocenters. The number of piperazine rings is 1. The van der Waals surface area contributed by atoms with Crippen molar-refractivity contribution in [1.29, 1.82) is 0 Å². The molecule has 1 saturated carbocycles. The predicted molar refractivity (Wildman–Crippen MR) is 147 cm³/mol. The van der Waals surface area contributed by atoms with E-state index in [2.05, 4.69) is 4.90 Å². The number of carbonyl (C=O) groups excluding carboxylic acids is 1. The third kappa shape index (κ3) is 7.91. The van der Waals surface area contributed by atoms with Gasteiger partial charge in [-0.25, -0.2) is 4.79 Å². The number of nitrogens with zero attached hydrogens (tertiary/aromatic N) is 2. The standard InChI is InChI=1S/C31H41F3N2O4/c1-29(2,3)40-28(37)36-18-16-35(17-19-36)21-26(30(38)14-8-5-9-15-30)24-12-13-27(25(20-24)31(32,33)34)39-22-23-10-6-4-7-11-23/h4,6-7,10-13,20,26,38H,5,8-9,14-19,21-22H2,1-3H3. The van der Waals surface area contributed by atoms with Crippen molar-refractivity contribution in [2.75, 3.05) is 32.7 Å². The minimum atomic E-state index is -4.61. The van der Waals surface area contributed by atoms with Gasteiger partial charge in [-0.15, -0.1) is 0 Å². The molecule has 1 N–H and O–H groups in total. The fourth-order valence-corrected chi connectivity index (χ4v) is 5.64. The number of carbonyl (C=O) groups is 1. The van der Waals surface area contributed by atoms with E-state index in [0.717, 1.165) is 30.9 Å². The molecule has 40 heavy (non-hydrogen) atoms. The number of hydrogen-bond donors (Lipinski definition) is 1. The Kier molecular flexibility index (Phi) is 9.35. The summed E-state index contributed by atoms with van der Waals surface area (Å²) in [6.45, 7) is 7.92. The van der Waals surface area contributed by atoms with Gasteiger partial charge in [0, 0.05) is 38.6 Å². The number of rotatable bonds is 7. The van der Waals surface area contributed by atoms with Gasteiger partial charge in [0.25, 0.3) is 0 Å². The average molecular weight is 563 g/mol. The number of halogens is 3. The van der Waals surface area contributed by atoms with Crippen molar-refractivity contribution in [3.63, 3.8) is 0 Å². The van der Waals surface area contributed by atoms with Crippen LogP contribution in [0.2, 0.25) is 0 Å². The van der Waals surface area contributed by atoms with Crippen LogP contribution < -0.4 is 4.74 Å². The highest BCUT2D eigenvalue weighted by Crippen LogP contribution is 2.44. The molecule has 6 nitrogen and oxygen atoms in total. The highest BCUT2D eigenvalue weighted by molar-refractivity contribution is 5.68. The van der Waals surface area contributed by atoms with E-state index < -0.39 is 28.9 Å². The quantitative estimate of drug-likeness (QED) is 0.411. The van der Waals surface area contributed by atoms with Gasteiger partial charge in [-0.2, -0.15) is 13.2 Å². The van der Waals surface area contributed by atoms with Crippen molar-refractivity contribution in [3.8, 4) is 5.75 Å². The number of benzene rings is 2. The summed E-state index contributed by atoms with van der Waals surface area (Å²) < 4.78 is 53.9. The lowest BCUT2D eigenvalue weighted by Crippen LogP contribution is -2.52. The highest BCUT2D eigenvalue weighted by Gasteiger charge is 2.42. The van der Waals surface area contributed by atoms with Crippen molar-refractivity contribution in [1.82, 2.24) is 9.80 Å². The first-order valence-corrected chi connectivity index (χ1v) is 14.1. The van der Waals surface area contributed by atoms with E-state index in [-0.39, 0.29) is 18.4 Å². The normalized spacial score (nSPS) is 19.2. The molecule has 0 aromatic heterocycles. The molecule has 1 atom stereocenters. The number of ether oxygens (including phenoxy) is 2. The lowest BCUT2D eigenvalue weighted by Gasteiger charge is -2.43. The molecule has 2 fully saturated rings. The third-order valence-corrected chi connectivity index (χ3v) is 7.78. The van der Waals surface area contributed by atoms with Gasteiger partial charge in [0.1, 0.15) is 18.0 Å². The lowest BCUT2D eigenvalue weighted by atomic mass is 9.72. The summed E-state index contributed by atoms with van der Waals surface area (Å²) >= 11 is 0. The zero-order valence-corrected chi connectivity index (χ0v) is 23.7. The Labute approximate surface area is 235 Å². The van der Waals surface area contributed by atoms with E-state index in [1.165, 1.54) is 6.07 Å². The smallest absolute Gasteiger partial charge is 0.419 e. The Morgan fingerprint density at radius 3 is 2.23 bits per heavy atom. The van der Waals surface area contributed by atoms with Crippen LogP contribution in [0.15, 0.2) is 48.5 Å². The molecule has 1 amide bonds. The van der Waals surface area contributed by atoms with E-state index in [9.17, 15) is 23.1 Å². The number of aliphatic hydroxyl groups is 1. The molecule has 9 heteroatoms. The maximum Gasteiger partial charge on any atom is 0.419 e. The minimum absolute atomic E-state index is 0.0263. The maximum atomic E-state index is 14.2. The number of alkyl halides is 3. The Morgan fingerprint density at radius 2 is 1.62 bits per heavy atom. The Hall–Kier alpha value is -2.78. The Bertz CT molecular complexity index is 1120. The molecule has 1 saturated heterocycles. The zero-order chi connectivity index (χ0) is 29.0. The molecule has 220 valence electrons. The molecule has 0 bridgehead atoms. The fourth-order valence-electron chi connectivity index (χ4n) is 5.64. The first kappa shape index (κ1) is 30.2. The first-order valence-electron chi connectivity index (χ1n) is 14.1. The molecular formula is C31H41F3N2O4. The number of amides is 1. The van der Waals surface area contributed by atoms with Gasteiger partial charge in [0.05, 0.1) is 11.2 Å². The van der Waals surface area contributed by atoms with Gasteiger partial charge in [0.2, 0.25) is 0 Å². The maximum absolute atomic E-state index is 14.2. The van der Waals surface area contributed by atoms with Crippen LogP contribution >= 0.6 is 0 Å². The van der Waals surface area contributed by atoms with Crippen LogP contribution in [0.4, 0.5) is 18.0 Å². The van der Waals surface area contributed by atoms with Crippen LogP contribution in [0.25, 0.3) is 0 Å². The van der Waals surface area contributed by atoms with E-state index in [1.54, 1.807) is 23.1 Å². The summed E-state index contributed by atoms with van der Waals surface area (Å²) in [5.41, 5.74) is -1.29. The van der Waals surface area contributed by atoms with Gasteiger partial charge in [0.15, 0.2) is 0 Å². The minimum Gasteiger partial charge on any atom is -0.488 e. The topological polar surface area (TPSA) is 62.2 Å². The lowest BCUT2D eigenvalue weighted by molar-refractivity contribution is -0.139. The summed E-state index contributed by atoms with van der Waals surface area (Å²) in [7, 11) is 0. The SMILES string of the molecule is CC(C)(C)OC(=O)N1CCN(CC(c2ccc(OCc3ccccc3)c(C(F)(F)F)c2)C2(O)CCCCC2)CC1. The van der Waals surface area contributed by atoms with E-state index >= 15 is 0 Å². The van der Waals surface area contributed by atoms with Crippen molar-refractivity contribution >= 4 is 6.09 Å². The molecule has 2 aromatic rings. The van der Waals surface area contributed by atoms with Crippen molar-refractivity contribution in [3.05, 3.63) is 65.2 Å². The molecule has 2 aromatic carbocycles. The van der Waals surface area contributed by atoms with Crippen LogP contribution in [0.5, 0.6) is 5.75 Å². The molecule has 1 aliphatic carbocycles. The van der Waals surface area contributed by atoms with Gasteiger partial charge < -0.3 is 19.5 Å². The monoisotopic (exact) mass is 562 g/mol. The molecule has 1 heterocycles. The van der Waals surface area contributed by atoms with Crippen molar-refractivity contribution in [2.45, 2.75) is 82.8 Å². The van der Waals surface area contributed by atoms with Crippen LogP contribution in [0.1, 0.15) is 75.5 Å². The second-order valence-corrected chi connectivity index (χ2v) is 12.0. The summed E-state index contributed by atoms with van der Waals surface area (Å²) in [6, 6.07) is 13.3.